The number of amides is 1. The predicted molar refractivity (Wildman–Crippen MR) is 139 cm³/mol. The van der Waals surface area contributed by atoms with Gasteiger partial charge in [0.25, 0.3) is 0 Å². The second-order valence-electron chi connectivity index (χ2n) is 8.58. The van der Waals surface area contributed by atoms with Gasteiger partial charge in [0.1, 0.15) is 0 Å². The Morgan fingerprint density at radius 1 is 0.629 bits per heavy atom. The van der Waals surface area contributed by atoms with Crippen LogP contribution >= 0.6 is 0 Å². The zero-order valence-corrected chi connectivity index (χ0v) is 19.2. The molecule has 0 saturated carbocycles. The van der Waals surface area contributed by atoms with Crippen LogP contribution in [-0.2, 0) is 16.0 Å². The molecule has 5 rings (SSSR count). The lowest BCUT2D eigenvalue weighted by atomic mass is 9.89. The molecule has 0 radical (unpaired) electrons. The number of hydrogen-bond acceptors (Lipinski definition) is 2. The smallest absolute Gasteiger partial charge is 0.394 e. The van der Waals surface area contributed by atoms with Crippen LogP contribution in [0.25, 0.3) is 21.5 Å². The molecule has 0 aliphatic heterocycles. The van der Waals surface area contributed by atoms with E-state index < -0.39 is 17.9 Å². The van der Waals surface area contributed by atoms with Crippen molar-refractivity contribution in [3.05, 3.63) is 132 Å². The van der Waals surface area contributed by atoms with Crippen molar-refractivity contribution in [1.29, 1.82) is 0 Å². The van der Waals surface area contributed by atoms with E-state index in [4.69, 9.17) is 0 Å². The van der Waals surface area contributed by atoms with Crippen molar-refractivity contribution >= 4 is 33.4 Å². The van der Waals surface area contributed by atoms with E-state index in [1.165, 1.54) is 4.90 Å². The van der Waals surface area contributed by atoms with Crippen LogP contribution in [0.15, 0.2) is 115 Å². The fourth-order valence-corrected chi connectivity index (χ4v) is 4.85. The van der Waals surface area contributed by atoms with Crippen LogP contribution in [0.2, 0.25) is 0 Å². The van der Waals surface area contributed by atoms with Gasteiger partial charge in [0.2, 0.25) is 0 Å². The van der Waals surface area contributed by atoms with Crippen molar-refractivity contribution in [2.45, 2.75) is 12.5 Å². The van der Waals surface area contributed by atoms with E-state index in [2.05, 4.69) is 0 Å². The van der Waals surface area contributed by atoms with Gasteiger partial charge in [-0.25, -0.2) is 4.79 Å². The first-order valence-corrected chi connectivity index (χ1v) is 11.7. The van der Waals surface area contributed by atoms with Gasteiger partial charge in [-0.15, -0.1) is 0 Å². The van der Waals surface area contributed by atoms with E-state index in [0.29, 0.717) is 6.42 Å². The van der Waals surface area contributed by atoms with Gasteiger partial charge in [0.05, 0.1) is 6.04 Å². The lowest BCUT2D eigenvalue weighted by Crippen LogP contribution is -2.41. The molecule has 0 aliphatic carbocycles. The first kappa shape index (κ1) is 22.4. The standard InChI is InChI=1S/C31H25NO3/c33-30(31(34)35)32(21-20-22-10-2-1-3-11-22)29(27-18-8-14-23-12-4-6-16-25(23)27)28-19-9-15-24-13-5-7-17-26(24)28/h1-19,29H,20-21H2,(H,34,35). The summed E-state index contributed by atoms with van der Waals surface area (Å²) >= 11 is 0. The molecule has 0 atom stereocenters. The average molecular weight is 460 g/mol. The van der Waals surface area contributed by atoms with Crippen molar-refractivity contribution in [3.8, 4) is 0 Å². The minimum atomic E-state index is -1.46. The Morgan fingerprint density at radius 3 is 1.66 bits per heavy atom. The van der Waals surface area contributed by atoms with Crippen molar-refractivity contribution < 1.29 is 14.7 Å². The third-order valence-electron chi connectivity index (χ3n) is 6.48. The Bertz CT molecular complexity index is 1420. The largest absolute Gasteiger partial charge is 0.474 e. The molecule has 5 aromatic carbocycles. The van der Waals surface area contributed by atoms with Crippen molar-refractivity contribution in [3.63, 3.8) is 0 Å². The van der Waals surface area contributed by atoms with Gasteiger partial charge in [0, 0.05) is 6.54 Å². The summed E-state index contributed by atoms with van der Waals surface area (Å²) in [7, 11) is 0. The van der Waals surface area contributed by atoms with E-state index >= 15 is 0 Å². The highest BCUT2D eigenvalue weighted by Gasteiger charge is 2.32. The van der Waals surface area contributed by atoms with Gasteiger partial charge in [-0.05, 0) is 44.7 Å². The quantitative estimate of drug-likeness (QED) is 0.306. The van der Waals surface area contributed by atoms with Crippen LogP contribution in [0.5, 0.6) is 0 Å². The number of hydrogen-bond donors (Lipinski definition) is 1. The summed E-state index contributed by atoms with van der Waals surface area (Å²) in [5.41, 5.74) is 2.86. The number of carboxylic acid groups (broad SMARTS) is 1. The number of rotatable bonds is 6. The van der Waals surface area contributed by atoms with Gasteiger partial charge < -0.3 is 10.0 Å². The first-order chi connectivity index (χ1) is 17.1. The first-order valence-electron chi connectivity index (χ1n) is 11.7. The third-order valence-corrected chi connectivity index (χ3v) is 6.48. The fourth-order valence-electron chi connectivity index (χ4n) is 4.85. The van der Waals surface area contributed by atoms with Gasteiger partial charge in [-0.1, -0.05) is 115 Å². The van der Waals surface area contributed by atoms with Crippen LogP contribution in [0, 0.1) is 0 Å². The van der Waals surface area contributed by atoms with Gasteiger partial charge in [-0.3, -0.25) is 4.79 Å². The van der Waals surface area contributed by atoms with E-state index in [0.717, 1.165) is 38.2 Å². The van der Waals surface area contributed by atoms with E-state index in [1.54, 1.807) is 0 Å². The molecule has 0 bridgehead atoms. The van der Waals surface area contributed by atoms with Crippen LogP contribution in [-0.4, -0.2) is 28.4 Å². The van der Waals surface area contributed by atoms with Gasteiger partial charge >= 0.3 is 11.9 Å². The van der Waals surface area contributed by atoms with Crippen LogP contribution in [0.4, 0.5) is 0 Å². The van der Waals surface area contributed by atoms with Gasteiger partial charge in [0.15, 0.2) is 0 Å². The molecule has 0 unspecified atom stereocenters. The van der Waals surface area contributed by atoms with Gasteiger partial charge in [-0.2, -0.15) is 0 Å². The summed E-state index contributed by atoms with van der Waals surface area (Å²) in [4.78, 5) is 26.8. The van der Waals surface area contributed by atoms with Crippen molar-refractivity contribution in [2.24, 2.45) is 0 Å². The average Bonchev–Trinajstić information content (AvgIpc) is 2.91. The second kappa shape index (κ2) is 9.82. The highest BCUT2D eigenvalue weighted by Crippen LogP contribution is 2.37. The Labute approximate surface area is 204 Å². The summed E-state index contributed by atoms with van der Waals surface area (Å²) in [6.07, 6.45) is 0.548. The maximum atomic E-state index is 13.3. The van der Waals surface area contributed by atoms with Crippen molar-refractivity contribution in [1.82, 2.24) is 4.90 Å². The molecule has 5 aromatic rings. The number of benzene rings is 5. The molecule has 0 heterocycles. The molecule has 1 N–H and O–H groups in total. The molecule has 4 nitrogen and oxygen atoms in total. The van der Waals surface area contributed by atoms with E-state index in [1.807, 2.05) is 115 Å². The topological polar surface area (TPSA) is 57.6 Å². The Hall–Kier alpha value is -4.44. The number of nitrogens with zero attached hydrogens (tertiary/aromatic N) is 1. The Morgan fingerprint density at radius 2 is 1.11 bits per heavy atom. The summed E-state index contributed by atoms with van der Waals surface area (Å²) < 4.78 is 0. The summed E-state index contributed by atoms with van der Waals surface area (Å²) in [6, 6.07) is 37.3. The van der Waals surface area contributed by atoms with Crippen LogP contribution in [0.1, 0.15) is 22.7 Å². The zero-order chi connectivity index (χ0) is 24.2. The number of fused-ring (bicyclic) bond motifs is 2. The highest BCUT2D eigenvalue weighted by molar-refractivity contribution is 6.31. The molecule has 0 aromatic heterocycles. The summed E-state index contributed by atoms with van der Waals surface area (Å²) in [6.45, 7) is 0.270. The highest BCUT2D eigenvalue weighted by atomic mass is 16.4. The fraction of sp³-hybridized carbons (Fsp3) is 0.0968. The van der Waals surface area contributed by atoms with E-state index in [9.17, 15) is 14.7 Å². The summed E-state index contributed by atoms with van der Waals surface area (Å²) in [5, 5.41) is 13.9. The lowest BCUT2D eigenvalue weighted by molar-refractivity contribution is -0.156. The molecule has 4 heteroatoms. The maximum absolute atomic E-state index is 13.3. The normalized spacial score (nSPS) is 11.1. The molecule has 172 valence electrons. The number of carbonyl (C=O) groups is 2. The number of carbonyl (C=O) groups excluding carboxylic acids is 1. The summed E-state index contributed by atoms with van der Waals surface area (Å²) in [5.74, 6) is -2.37. The molecular weight excluding hydrogens is 434 g/mol. The molecular formula is C31H25NO3. The molecule has 0 saturated heterocycles. The monoisotopic (exact) mass is 459 g/mol. The van der Waals surface area contributed by atoms with Crippen LogP contribution in [0.3, 0.4) is 0 Å². The molecule has 35 heavy (non-hydrogen) atoms. The predicted octanol–water partition coefficient (Wildman–Crippen LogP) is 6.24. The maximum Gasteiger partial charge on any atom is 0.394 e. The molecule has 0 spiro atoms. The Kier molecular flexibility index (Phi) is 6.27. The van der Waals surface area contributed by atoms with Crippen LogP contribution < -0.4 is 0 Å². The van der Waals surface area contributed by atoms with Crippen molar-refractivity contribution in [2.75, 3.05) is 6.54 Å². The van der Waals surface area contributed by atoms with E-state index in [-0.39, 0.29) is 6.54 Å². The molecule has 1 amide bonds. The number of carboxylic acids is 1. The molecule has 0 fully saturated rings. The SMILES string of the molecule is O=C(O)C(=O)N(CCc1ccccc1)C(c1cccc2ccccc12)c1cccc2ccccc12. The minimum absolute atomic E-state index is 0.270. The third kappa shape index (κ3) is 4.51. The molecule has 0 aliphatic rings. The number of aliphatic carboxylic acids is 1. The minimum Gasteiger partial charge on any atom is -0.474 e. The Balaban J connectivity index is 1.73. The lowest BCUT2D eigenvalue weighted by Gasteiger charge is -2.33. The zero-order valence-electron chi connectivity index (χ0n) is 19.2. The second-order valence-corrected chi connectivity index (χ2v) is 8.58.